The first-order valence-corrected chi connectivity index (χ1v) is 8.41. The molecule has 0 spiro atoms. The topological polar surface area (TPSA) is 146 Å². The van der Waals surface area contributed by atoms with Gasteiger partial charge in [0.2, 0.25) is 0 Å². The van der Waals surface area contributed by atoms with E-state index in [9.17, 15) is 9.59 Å². The summed E-state index contributed by atoms with van der Waals surface area (Å²) in [4.78, 5) is 19.5. The van der Waals surface area contributed by atoms with Gasteiger partial charge < -0.3 is 30.7 Å². The highest BCUT2D eigenvalue weighted by Gasteiger charge is 2.29. The number of hydrogen-bond acceptors (Lipinski definition) is 5. The number of carboxylic acid groups (broad SMARTS) is 2. The minimum absolute atomic E-state index is 0.740. The van der Waals surface area contributed by atoms with Crippen molar-refractivity contribution in [3.8, 4) is 0 Å². The number of aliphatic hydroxyl groups excluding tert-OH is 2. The Bertz CT molecular complexity index is 796. The van der Waals surface area contributed by atoms with E-state index in [-0.39, 0.29) is 0 Å². The molecule has 1 aromatic heterocycles. The Balaban J connectivity index is 0.000000213. The van der Waals surface area contributed by atoms with Crippen LogP contribution in [0.15, 0.2) is 18.2 Å². The van der Waals surface area contributed by atoms with Gasteiger partial charge in [0.15, 0.2) is 12.2 Å². The molecule has 142 valence electrons. The number of carbonyl (C=O) groups is 2. The molecule has 0 bridgehead atoms. The van der Waals surface area contributed by atoms with E-state index < -0.39 is 24.1 Å². The first kappa shape index (κ1) is 19.9. The van der Waals surface area contributed by atoms with Crippen molar-refractivity contribution >= 4 is 22.8 Å². The molecule has 2 heterocycles. The molecule has 1 aliphatic rings. The summed E-state index contributed by atoms with van der Waals surface area (Å²) in [6.45, 7) is 4.15. The third-order valence-electron chi connectivity index (χ3n) is 4.58. The zero-order valence-corrected chi connectivity index (χ0v) is 14.6. The summed E-state index contributed by atoms with van der Waals surface area (Å²) in [5.41, 5.74) is 11.6. The van der Waals surface area contributed by atoms with Gasteiger partial charge in [-0.2, -0.15) is 0 Å². The van der Waals surface area contributed by atoms with Gasteiger partial charge in [-0.15, -0.1) is 0 Å². The van der Waals surface area contributed by atoms with Gasteiger partial charge in [0.1, 0.15) is 0 Å². The minimum Gasteiger partial charge on any atom is -0.479 e. The lowest BCUT2D eigenvalue weighted by molar-refractivity contribution is -0.165. The largest absolute Gasteiger partial charge is 0.479 e. The Morgan fingerprint density at radius 3 is 2.35 bits per heavy atom. The lowest BCUT2D eigenvalue weighted by Crippen LogP contribution is -2.39. The summed E-state index contributed by atoms with van der Waals surface area (Å²) in [5.74, 6) is -3.54. The normalized spacial score (nSPS) is 15.1. The van der Waals surface area contributed by atoms with Crippen LogP contribution in [0, 0.1) is 6.92 Å². The second-order valence-corrected chi connectivity index (χ2v) is 6.24. The third kappa shape index (κ3) is 3.87. The fourth-order valence-corrected chi connectivity index (χ4v) is 3.32. The predicted octanol–water partition coefficient (Wildman–Crippen LogP) is 0.275. The lowest BCUT2D eigenvalue weighted by Gasteiger charge is -2.16. The Kier molecular flexibility index (Phi) is 6.36. The highest BCUT2D eigenvalue weighted by Crippen LogP contribution is 2.32. The van der Waals surface area contributed by atoms with Crippen LogP contribution in [0.4, 0.5) is 0 Å². The Labute approximate surface area is 150 Å². The highest BCUT2D eigenvalue weighted by atomic mass is 16.4. The van der Waals surface area contributed by atoms with E-state index in [1.807, 2.05) is 0 Å². The van der Waals surface area contributed by atoms with E-state index in [0.29, 0.717) is 0 Å². The van der Waals surface area contributed by atoms with E-state index in [1.165, 1.54) is 47.1 Å². The molecular formula is C18H24N2O6. The van der Waals surface area contributed by atoms with Crippen LogP contribution in [-0.2, 0) is 29.0 Å². The standard InChI is InChI=1S/C14H18N2.C4H6O6/c1-10-12(7-8-15)13-6-2-4-11-5-3-9-16(10)14(11)13;5-1(3(7)8)2(6)4(9)10/h2,4,6H,3,5,7-9,15H2,1H3;1-2,5-6H,(H,7,8)(H,9,10). The smallest absolute Gasteiger partial charge is 0.335 e. The van der Waals surface area contributed by atoms with Crippen LogP contribution in [0.1, 0.15) is 23.2 Å². The van der Waals surface area contributed by atoms with Gasteiger partial charge in [-0.1, -0.05) is 18.2 Å². The molecule has 1 aromatic carbocycles. The summed E-state index contributed by atoms with van der Waals surface area (Å²) in [6.07, 6.45) is -1.04. The van der Waals surface area contributed by atoms with Crippen LogP contribution in [0.5, 0.6) is 0 Å². The van der Waals surface area contributed by atoms with E-state index >= 15 is 0 Å². The first-order valence-electron chi connectivity index (χ1n) is 8.41. The number of aromatic nitrogens is 1. The van der Waals surface area contributed by atoms with Crippen molar-refractivity contribution in [3.63, 3.8) is 0 Å². The van der Waals surface area contributed by atoms with Gasteiger partial charge in [-0.3, -0.25) is 0 Å². The molecule has 0 fully saturated rings. The zero-order valence-electron chi connectivity index (χ0n) is 14.6. The number of aliphatic hydroxyl groups is 2. The highest BCUT2D eigenvalue weighted by molar-refractivity contribution is 5.88. The number of rotatable bonds is 5. The van der Waals surface area contributed by atoms with Gasteiger partial charge in [0.05, 0.1) is 5.52 Å². The number of aryl methyl sites for hydroxylation is 2. The Morgan fingerprint density at radius 2 is 1.81 bits per heavy atom. The number of nitrogens with two attached hydrogens (primary N) is 1. The molecule has 0 aliphatic carbocycles. The molecule has 2 atom stereocenters. The summed E-state index contributed by atoms with van der Waals surface area (Å²) in [6, 6.07) is 6.70. The van der Waals surface area contributed by atoms with Gasteiger partial charge in [-0.05, 0) is 43.9 Å². The van der Waals surface area contributed by atoms with E-state index in [1.54, 1.807) is 0 Å². The first-order chi connectivity index (χ1) is 12.3. The maximum absolute atomic E-state index is 9.77. The molecular weight excluding hydrogens is 340 g/mol. The van der Waals surface area contributed by atoms with Crippen LogP contribution in [0.3, 0.4) is 0 Å². The van der Waals surface area contributed by atoms with Crippen molar-refractivity contribution in [3.05, 3.63) is 35.0 Å². The number of nitrogens with zero attached hydrogens (tertiary/aromatic N) is 1. The SMILES string of the molecule is Cc1c(CCN)c2cccc3c2n1CCC3.O=C(O)C(O)C(O)C(=O)O. The summed E-state index contributed by atoms with van der Waals surface area (Å²) in [7, 11) is 0. The third-order valence-corrected chi connectivity index (χ3v) is 4.58. The number of carboxylic acids is 2. The molecule has 26 heavy (non-hydrogen) atoms. The monoisotopic (exact) mass is 364 g/mol. The van der Waals surface area contributed by atoms with Crippen molar-refractivity contribution in [2.24, 2.45) is 5.73 Å². The van der Waals surface area contributed by atoms with Crippen LogP contribution in [-0.4, -0.2) is 55.7 Å². The summed E-state index contributed by atoms with van der Waals surface area (Å²) >= 11 is 0. The number of hydrogen-bond donors (Lipinski definition) is 5. The Morgan fingerprint density at radius 1 is 1.19 bits per heavy atom. The zero-order chi connectivity index (χ0) is 19.4. The number of benzene rings is 1. The molecule has 0 radical (unpaired) electrons. The van der Waals surface area contributed by atoms with Crippen LogP contribution in [0.25, 0.3) is 10.9 Å². The van der Waals surface area contributed by atoms with Crippen LogP contribution >= 0.6 is 0 Å². The number of para-hydroxylation sites is 1. The van der Waals surface area contributed by atoms with Crippen molar-refractivity contribution in [2.75, 3.05) is 6.54 Å². The molecule has 2 unspecified atom stereocenters. The molecule has 8 heteroatoms. The molecule has 0 amide bonds. The number of aliphatic carboxylic acids is 2. The maximum atomic E-state index is 9.77. The molecule has 1 aliphatic heterocycles. The lowest BCUT2D eigenvalue weighted by atomic mass is 10.0. The van der Waals surface area contributed by atoms with Crippen molar-refractivity contribution in [1.29, 1.82) is 0 Å². The molecule has 0 saturated carbocycles. The predicted molar refractivity (Wildman–Crippen MR) is 95.0 cm³/mol. The minimum atomic E-state index is -2.27. The van der Waals surface area contributed by atoms with Crippen molar-refractivity contribution < 1.29 is 30.0 Å². The van der Waals surface area contributed by atoms with Crippen molar-refractivity contribution in [1.82, 2.24) is 4.57 Å². The molecule has 2 aromatic rings. The van der Waals surface area contributed by atoms with Gasteiger partial charge >= 0.3 is 11.9 Å². The van der Waals surface area contributed by atoms with Crippen LogP contribution in [0.2, 0.25) is 0 Å². The van der Waals surface area contributed by atoms with Gasteiger partial charge in [0, 0.05) is 17.6 Å². The fraction of sp³-hybridized carbons (Fsp3) is 0.444. The van der Waals surface area contributed by atoms with E-state index in [2.05, 4.69) is 29.7 Å². The second kappa shape index (κ2) is 8.31. The van der Waals surface area contributed by atoms with Crippen LogP contribution < -0.4 is 5.73 Å². The summed E-state index contributed by atoms with van der Waals surface area (Å²) < 4.78 is 2.49. The van der Waals surface area contributed by atoms with Gasteiger partial charge in [-0.25, -0.2) is 9.59 Å². The quantitative estimate of drug-likeness (QED) is 0.512. The van der Waals surface area contributed by atoms with E-state index in [0.717, 1.165) is 13.0 Å². The molecule has 0 saturated heterocycles. The average Bonchev–Trinajstić information content (AvgIpc) is 2.89. The van der Waals surface area contributed by atoms with Gasteiger partial charge in [0.25, 0.3) is 0 Å². The average molecular weight is 364 g/mol. The fourth-order valence-electron chi connectivity index (χ4n) is 3.32. The molecule has 8 nitrogen and oxygen atoms in total. The van der Waals surface area contributed by atoms with Crippen molar-refractivity contribution in [2.45, 2.75) is 44.9 Å². The maximum Gasteiger partial charge on any atom is 0.335 e. The Hall–Kier alpha value is -2.42. The molecule has 6 N–H and O–H groups in total. The van der Waals surface area contributed by atoms with E-state index in [4.69, 9.17) is 26.2 Å². The summed E-state index contributed by atoms with van der Waals surface area (Å²) in [5, 5.41) is 34.0. The second-order valence-electron chi connectivity index (χ2n) is 6.24. The molecule has 3 rings (SSSR count).